The fourth-order valence-corrected chi connectivity index (χ4v) is 2.61. The molecule has 0 aliphatic carbocycles. The van der Waals surface area contributed by atoms with Crippen molar-refractivity contribution in [3.05, 3.63) is 55.9 Å². The van der Waals surface area contributed by atoms with Gasteiger partial charge in [0.25, 0.3) is 0 Å². The highest BCUT2D eigenvalue weighted by molar-refractivity contribution is 7.10. The van der Waals surface area contributed by atoms with Crippen LogP contribution in [0.4, 0.5) is 4.39 Å². The van der Waals surface area contributed by atoms with Crippen LogP contribution in [-0.2, 0) is 0 Å². The lowest BCUT2D eigenvalue weighted by molar-refractivity contribution is 0.601. The van der Waals surface area contributed by atoms with Gasteiger partial charge in [-0.1, -0.05) is 29.3 Å². The Morgan fingerprint density at radius 2 is 2.00 bits per heavy atom. The molecule has 0 aliphatic heterocycles. The molecule has 2 rings (SSSR count). The molecule has 16 heavy (non-hydrogen) atoms. The van der Waals surface area contributed by atoms with Crippen molar-refractivity contribution in [3.63, 3.8) is 0 Å². The number of hydrogen-bond donors (Lipinski definition) is 1. The molecule has 0 saturated heterocycles. The molecule has 0 spiro atoms. The Kier molecular flexibility index (Phi) is 3.50. The first-order valence-electron chi connectivity index (χ1n) is 4.53. The van der Waals surface area contributed by atoms with Crippen molar-refractivity contribution >= 4 is 34.5 Å². The summed E-state index contributed by atoms with van der Waals surface area (Å²) in [6, 6.07) is 5.81. The van der Waals surface area contributed by atoms with Crippen LogP contribution < -0.4 is 5.73 Å². The van der Waals surface area contributed by atoms with Crippen molar-refractivity contribution in [2.75, 3.05) is 0 Å². The lowest BCUT2D eigenvalue weighted by Gasteiger charge is -2.13. The van der Waals surface area contributed by atoms with E-state index in [0.717, 1.165) is 4.88 Å². The van der Waals surface area contributed by atoms with Gasteiger partial charge in [0.1, 0.15) is 5.82 Å². The van der Waals surface area contributed by atoms with Crippen molar-refractivity contribution < 1.29 is 4.39 Å². The van der Waals surface area contributed by atoms with E-state index in [1.54, 1.807) is 0 Å². The van der Waals surface area contributed by atoms with Gasteiger partial charge in [0.15, 0.2) is 0 Å². The van der Waals surface area contributed by atoms with Crippen LogP contribution in [-0.4, -0.2) is 0 Å². The van der Waals surface area contributed by atoms with Gasteiger partial charge in [-0.25, -0.2) is 4.39 Å². The van der Waals surface area contributed by atoms with Crippen LogP contribution in [0.1, 0.15) is 16.5 Å². The first kappa shape index (κ1) is 11.9. The Hall–Kier alpha value is -0.610. The zero-order valence-corrected chi connectivity index (χ0v) is 10.4. The average molecular weight is 276 g/mol. The fraction of sp³-hybridized carbons (Fsp3) is 0.0909. The van der Waals surface area contributed by atoms with Crippen LogP contribution in [0, 0.1) is 5.82 Å². The lowest BCUT2D eigenvalue weighted by atomic mass is 10.1. The van der Waals surface area contributed by atoms with E-state index >= 15 is 0 Å². The average Bonchev–Trinajstić information content (AvgIpc) is 2.77. The van der Waals surface area contributed by atoms with Crippen molar-refractivity contribution in [2.45, 2.75) is 6.04 Å². The Balaban J connectivity index is 2.52. The zero-order valence-electron chi connectivity index (χ0n) is 8.08. The molecule has 0 amide bonds. The Labute approximate surface area is 107 Å². The molecule has 2 aromatic rings. The van der Waals surface area contributed by atoms with Crippen LogP contribution in [0.15, 0.2) is 29.6 Å². The first-order chi connectivity index (χ1) is 7.61. The maximum absolute atomic E-state index is 13.7. The monoisotopic (exact) mass is 275 g/mol. The Morgan fingerprint density at radius 1 is 1.25 bits per heavy atom. The molecule has 84 valence electrons. The minimum atomic E-state index is -0.578. The molecule has 0 radical (unpaired) electrons. The van der Waals surface area contributed by atoms with E-state index in [1.165, 1.54) is 23.5 Å². The Bertz CT molecular complexity index is 499. The number of benzene rings is 1. The maximum Gasteiger partial charge on any atom is 0.129 e. The van der Waals surface area contributed by atoms with Crippen molar-refractivity contribution in [3.8, 4) is 0 Å². The SMILES string of the molecule is N[C@H](c1cccs1)c1c(F)ccc(Cl)c1Cl. The number of hydrogen-bond acceptors (Lipinski definition) is 2. The summed E-state index contributed by atoms with van der Waals surface area (Å²) in [5.41, 5.74) is 6.21. The highest BCUT2D eigenvalue weighted by Gasteiger charge is 2.19. The van der Waals surface area contributed by atoms with E-state index in [2.05, 4.69) is 0 Å². The third kappa shape index (κ3) is 2.09. The molecule has 1 aromatic heterocycles. The van der Waals surface area contributed by atoms with Gasteiger partial charge in [-0.15, -0.1) is 11.3 Å². The van der Waals surface area contributed by atoms with Crippen molar-refractivity contribution in [1.29, 1.82) is 0 Å². The summed E-state index contributed by atoms with van der Waals surface area (Å²) in [5, 5.41) is 2.37. The van der Waals surface area contributed by atoms with Gasteiger partial charge in [0.2, 0.25) is 0 Å². The summed E-state index contributed by atoms with van der Waals surface area (Å²) in [6.07, 6.45) is 0. The highest BCUT2D eigenvalue weighted by atomic mass is 35.5. The lowest BCUT2D eigenvalue weighted by Crippen LogP contribution is -2.13. The van der Waals surface area contributed by atoms with Gasteiger partial charge >= 0.3 is 0 Å². The van der Waals surface area contributed by atoms with Gasteiger partial charge in [0, 0.05) is 10.4 Å². The van der Waals surface area contributed by atoms with Crippen LogP contribution in [0.5, 0.6) is 0 Å². The van der Waals surface area contributed by atoms with E-state index in [0.29, 0.717) is 5.02 Å². The molecule has 0 unspecified atom stereocenters. The summed E-state index contributed by atoms with van der Waals surface area (Å²) < 4.78 is 13.7. The van der Waals surface area contributed by atoms with Crippen LogP contribution in [0.2, 0.25) is 10.0 Å². The second kappa shape index (κ2) is 4.72. The summed E-state index contributed by atoms with van der Waals surface area (Å²) >= 11 is 13.3. The molecule has 2 N–H and O–H groups in total. The zero-order chi connectivity index (χ0) is 11.7. The predicted molar refractivity (Wildman–Crippen MR) is 66.8 cm³/mol. The van der Waals surface area contributed by atoms with Crippen LogP contribution in [0.3, 0.4) is 0 Å². The first-order valence-corrected chi connectivity index (χ1v) is 6.17. The van der Waals surface area contributed by atoms with Crippen LogP contribution in [0.25, 0.3) is 0 Å². The Morgan fingerprint density at radius 3 is 2.62 bits per heavy atom. The smallest absolute Gasteiger partial charge is 0.129 e. The quantitative estimate of drug-likeness (QED) is 0.815. The molecule has 1 nitrogen and oxygen atoms in total. The minimum Gasteiger partial charge on any atom is -0.319 e. The van der Waals surface area contributed by atoms with Crippen LogP contribution >= 0.6 is 34.5 Å². The molecule has 0 fully saturated rings. The summed E-state index contributed by atoms with van der Waals surface area (Å²) in [4.78, 5) is 0.850. The number of rotatable bonds is 2. The highest BCUT2D eigenvalue weighted by Crippen LogP contribution is 2.35. The number of thiophene rings is 1. The minimum absolute atomic E-state index is 0.183. The summed E-state index contributed by atoms with van der Waals surface area (Å²) in [6.45, 7) is 0. The molecule has 0 aliphatic rings. The normalized spacial score (nSPS) is 12.8. The second-order valence-electron chi connectivity index (χ2n) is 3.25. The molecule has 1 heterocycles. The molecule has 1 aromatic carbocycles. The summed E-state index contributed by atoms with van der Waals surface area (Å²) in [7, 11) is 0. The van der Waals surface area contributed by atoms with E-state index < -0.39 is 11.9 Å². The molecule has 5 heteroatoms. The standard InChI is InChI=1S/C11H8Cl2FNS/c12-6-3-4-7(14)9(10(6)13)11(15)8-2-1-5-16-8/h1-5,11H,15H2/t11-/m1/s1. The topological polar surface area (TPSA) is 26.0 Å². The molecule has 1 atom stereocenters. The van der Waals surface area contributed by atoms with E-state index in [1.807, 2.05) is 17.5 Å². The van der Waals surface area contributed by atoms with Gasteiger partial charge in [0.05, 0.1) is 16.1 Å². The largest absolute Gasteiger partial charge is 0.319 e. The summed E-state index contributed by atoms with van der Waals surface area (Å²) in [5.74, 6) is -0.435. The molecule has 0 saturated carbocycles. The molecular formula is C11H8Cl2FNS. The van der Waals surface area contributed by atoms with E-state index in [9.17, 15) is 4.39 Å². The molecule has 0 bridgehead atoms. The second-order valence-corrected chi connectivity index (χ2v) is 5.01. The van der Waals surface area contributed by atoms with Crippen molar-refractivity contribution in [2.24, 2.45) is 5.73 Å². The van der Waals surface area contributed by atoms with Crippen molar-refractivity contribution in [1.82, 2.24) is 0 Å². The number of nitrogens with two attached hydrogens (primary N) is 1. The van der Waals surface area contributed by atoms with Gasteiger partial charge in [-0.2, -0.15) is 0 Å². The van der Waals surface area contributed by atoms with E-state index in [4.69, 9.17) is 28.9 Å². The molecular weight excluding hydrogens is 268 g/mol. The number of halogens is 3. The van der Waals surface area contributed by atoms with Gasteiger partial charge in [-0.3, -0.25) is 0 Å². The maximum atomic E-state index is 13.7. The van der Waals surface area contributed by atoms with E-state index in [-0.39, 0.29) is 10.6 Å². The van der Waals surface area contributed by atoms with Gasteiger partial charge < -0.3 is 5.73 Å². The predicted octanol–water partition coefficient (Wildman–Crippen LogP) is 4.24. The third-order valence-electron chi connectivity index (χ3n) is 2.24. The fourth-order valence-electron chi connectivity index (χ4n) is 1.44. The van der Waals surface area contributed by atoms with Gasteiger partial charge in [-0.05, 0) is 23.6 Å². The third-order valence-corrected chi connectivity index (χ3v) is 4.01.